The normalized spacial score (nSPS) is 26.4. The van der Waals surface area contributed by atoms with E-state index in [1.807, 2.05) is 12.2 Å². The molecule has 0 aromatic heterocycles. The second kappa shape index (κ2) is 13.3. The zero-order valence-electron chi connectivity index (χ0n) is 28.2. The molecule has 2 aliphatic carbocycles. The highest BCUT2D eigenvalue weighted by atomic mass is 79.9. The summed E-state index contributed by atoms with van der Waals surface area (Å²) in [4.78, 5) is 59.5. The van der Waals surface area contributed by atoms with E-state index in [1.165, 1.54) is 42.3 Å². The van der Waals surface area contributed by atoms with E-state index >= 15 is 4.79 Å². The van der Waals surface area contributed by atoms with Crippen LogP contribution in [0.3, 0.4) is 0 Å². The lowest BCUT2D eigenvalue weighted by Gasteiger charge is -2.49. The van der Waals surface area contributed by atoms with Crippen molar-refractivity contribution in [3.8, 4) is 11.5 Å². The number of rotatable bonds is 7. The molecular formula is C41H32BrClFN3O6. The van der Waals surface area contributed by atoms with Gasteiger partial charge in [-0.3, -0.25) is 29.5 Å². The summed E-state index contributed by atoms with van der Waals surface area (Å²) in [6, 6.07) is 24.0. The number of hydrogen-bond donors (Lipinski definition) is 2. The standard InChI is InChI=1S/C41H32BrClFN3O6/c1-53-35-20-22(3-19-34(35)48)2-18-32-29-16-17-30-36(39(51)46(37(30)49)28-14-6-24(42)7-15-28)31(29)21-33-38(50)47(45-27-12-10-26(44)11-13-27)40(52)41(32,33)23-4-8-25(43)9-5-23/h2-16,18-20,30-33,36,45,48H,17,21H2,1H3/t30-,31+,32-,33-,36-,41-/m0/s1. The fourth-order valence-corrected chi connectivity index (χ4v) is 9.14. The highest BCUT2D eigenvalue weighted by Gasteiger charge is 2.69. The molecule has 12 heteroatoms. The van der Waals surface area contributed by atoms with Crippen LogP contribution in [0.15, 0.2) is 113 Å². The Morgan fingerprint density at radius 3 is 2.34 bits per heavy atom. The van der Waals surface area contributed by atoms with Gasteiger partial charge in [0.05, 0.1) is 41.7 Å². The number of nitrogens with zero attached hydrogens (tertiary/aromatic N) is 2. The molecule has 3 fully saturated rings. The van der Waals surface area contributed by atoms with Gasteiger partial charge in [-0.05, 0) is 103 Å². The Balaban J connectivity index is 1.30. The molecule has 2 N–H and O–H groups in total. The van der Waals surface area contributed by atoms with Crippen LogP contribution in [0, 0.1) is 35.4 Å². The molecule has 4 aromatic carbocycles. The number of phenolic OH excluding ortho intramolecular Hbond substituents is 1. The first kappa shape index (κ1) is 34.8. The van der Waals surface area contributed by atoms with Gasteiger partial charge >= 0.3 is 0 Å². The molecule has 9 nitrogen and oxygen atoms in total. The highest BCUT2D eigenvalue weighted by Crippen LogP contribution is 2.61. The Morgan fingerprint density at radius 2 is 1.64 bits per heavy atom. The monoisotopic (exact) mass is 795 g/mol. The van der Waals surface area contributed by atoms with Crippen molar-refractivity contribution in [2.45, 2.75) is 18.3 Å². The second-order valence-electron chi connectivity index (χ2n) is 13.7. The second-order valence-corrected chi connectivity index (χ2v) is 15.0. The van der Waals surface area contributed by atoms with Gasteiger partial charge in [0.2, 0.25) is 11.8 Å². The number of amides is 4. The van der Waals surface area contributed by atoms with Gasteiger partial charge in [-0.2, -0.15) is 5.01 Å². The zero-order chi connectivity index (χ0) is 37.2. The van der Waals surface area contributed by atoms with E-state index in [2.05, 4.69) is 21.4 Å². The lowest BCUT2D eigenvalue weighted by atomic mass is 9.50. The third kappa shape index (κ3) is 5.56. The molecule has 8 rings (SSSR count). The van der Waals surface area contributed by atoms with Crippen molar-refractivity contribution in [3.63, 3.8) is 0 Å². The number of fused-ring (bicyclic) bond motifs is 4. The van der Waals surface area contributed by atoms with Crippen LogP contribution in [0.2, 0.25) is 5.02 Å². The van der Waals surface area contributed by atoms with Crippen molar-refractivity contribution in [3.05, 3.63) is 135 Å². The molecule has 2 aliphatic heterocycles. The van der Waals surface area contributed by atoms with E-state index in [4.69, 9.17) is 16.3 Å². The topological polar surface area (TPSA) is 116 Å². The van der Waals surface area contributed by atoms with Crippen LogP contribution in [-0.2, 0) is 24.6 Å². The number of halogens is 3. The number of ether oxygens (including phenoxy) is 1. The van der Waals surface area contributed by atoms with E-state index in [0.717, 1.165) is 15.1 Å². The fraction of sp³-hybridized carbons (Fsp3) is 0.220. The lowest BCUT2D eigenvalue weighted by molar-refractivity contribution is -0.139. The number of allylic oxidation sites excluding steroid dienone is 3. The number of benzene rings is 4. The molecule has 0 unspecified atom stereocenters. The molecule has 1 saturated carbocycles. The molecule has 2 saturated heterocycles. The number of hydrazine groups is 1. The van der Waals surface area contributed by atoms with Crippen LogP contribution in [-0.4, -0.2) is 40.9 Å². The molecule has 4 aliphatic rings. The first-order chi connectivity index (χ1) is 25.5. The van der Waals surface area contributed by atoms with Crippen molar-refractivity contribution >= 4 is 68.6 Å². The van der Waals surface area contributed by atoms with Crippen LogP contribution >= 0.6 is 27.5 Å². The Morgan fingerprint density at radius 1 is 0.925 bits per heavy atom. The Hall–Kier alpha value is -5.26. The first-order valence-corrected chi connectivity index (χ1v) is 18.2. The van der Waals surface area contributed by atoms with Crippen LogP contribution in [0.5, 0.6) is 11.5 Å². The summed E-state index contributed by atoms with van der Waals surface area (Å²) >= 11 is 9.78. The summed E-state index contributed by atoms with van der Waals surface area (Å²) in [7, 11) is 1.45. The summed E-state index contributed by atoms with van der Waals surface area (Å²) in [6.45, 7) is 0. The molecule has 268 valence electrons. The molecule has 53 heavy (non-hydrogen) atoms. The SMILES string of the molecule is COc1cc(C=C[C@H]2C3=CC[C@@H]4C(=O)N(c5ccc(Br)cc5)C(=O)[C@@H]4[C@@H]3C[C@H]3C(=O)N(Nc4ccc(F)cc4)C(=O)[C@@]23c2ccc(Cl)cc2)ccc1O. The summed E-state index contributed by atoms with van der Waals surface area (Å²) < 4.78 is 20.0. The first-order valence-electron chi connectivity index (χ1n) is 17.1. The van der Waals surface area contributed by atoms with Crippen molar-refractivity contribution in [2.75, 3.05) is 17.4 Å². The van der Waals surface area contributed by atoms with Crippen LogP contribution < -0.4 is 15.1 Å². The Labute approximate surface area is 317 Å². The van der Waals surface area contributed by atoms with Gasteiger partial charge in [0.1, 0.15) is 5.82 Å². The van der Waals surface area contributed by atoms with E-state index < -0.39 is 52.6 Å². The van der Waals surface area contributed by atoms with Gasteiger partial charge in [0, 0.05) is 15.4 Å². The molecule has 0 spiro atoms. The van der Waals surface area contributed by atoms with E-state index in [-0.39, 0.29) is 36.2 Å². The van der Waals surface area contributed by atoms with E-state index in [0.29, 0.717) is 27.5 Å². The predicted octanol–water partition coefficient (Wildman–Crippen LogP) is 7.69. The summed E-state index contributed by atoms with van der Waals surface area (Å²) in [6.07, 6.45) is 6.03. The third-order valence-electron chi connectivity index (χ3n) is 11.1. The summed E-state index contributed by atoms with van der Waals surface area (Å²) in [5.41, 5.74) is 4.23. The van der Waals surface area contributed by atoms with Crippen LogP contribution in [0.1, 0.15) is 24.0 Å². The van der Waals surface area contributed by atoms with Crippen molar-refractivity contribution in [1.29, 1.82) is 0 Å². The van der Waals surface area contributed by atoms with Gasteiger partial charge < -0.3 is 9.84 Å². The van der Waals surface area contributed by atoms with Crippen molar-refractivity contribution < 1.29 is 33.4 Å². The predicted molar refractivity (Wildman–Crippen MR) is 200 cm³/mol. The van der Waals surface area contributed by atoms with Crippen LogP contribution in [0.25, 0.3) is 6.08 Å². The van der Waals surface area contributed by atoms with Gasteiger partial charge in [0.25, 0.3) is 11.8 Å². The smallest absolute Gasteiger partial charge is 0.260 e. The maximum atomic E-state index is 15.2. The number of imide groups is 2. The third-order valence-corrected chi connectivity index (χ3v) is 11.9. The Kier molecular flexibility index (Phi) is 8.74. The number of aromatic hydroxyl groups is 1. The maximum Gasteiger partial charge on any atom is 0.260 e. The van der Waals surface area contributed by atoms with Crippen molar-refractivity contribution in [2.24, 2.45) is 29.6 Å². The highest BCUT2D eigenvalue weighted by molar-refractivity contribution is 9.10. The molecule has 4 aromatic rings. The number of carbonyl (C=O) groups is 4. The van der Waals surface area contributed by atoms with Crippen LogP contribution in [0.4, 0.5) is 15.8 Å². The number of carbonyl (C=O) groups excluding carboxylic acids is 4. The average Bonchev–Trinajstić information content (AvgIpc) is 3.54. The average molecular weight is 797 g/mol. The number of methoxy groups -OCH3 is 1. The van der Waals surface area contributed by atoms with Gasteiger partial charge in [0.15, 0.2) is 11.5 Å². The van der Waals surface area contributed by atoms with E-state index in [1.54, 1.807) is 66.7 Å². The Bertz CT molecular complexity index is 2230. The molecule has 4 amide bonds. The van der Waals surface area contributed by atoms with Gasteiger partial charge in [-0.25, -0.2) is 4.39 Å². The lowest BCUT2D eigenvalue weighted by Crippen LogP contribution is -2.54. The van der Waals surface area contributed by atoms with Crippen molar-refractivity contribution in [1.82, 2.24) is 5.01 Å². The molecular weight excluding hydrogens is 765 g/mol. The van der Waals surface area contributed by atoms with E-state index in [9.17, 15) is 23.9 Å². The molecule has 0 bridgehead atoms. The fourth-order valence-electron chi connectivity index (χ4n) is 8.75. The zero-order valence-corrected chi connectivity index (χ0v) is 30.6. The van der Waals surface area contributed by atoms with Gasteiger partial charge in [-0.15, -0.1) is 0 Å². The molecule has 6 atom stereocenters. The minimum Gasteiger partial charge on any atom is -0.504 e. The number of hydrogen-bond acceptors (Lipinski definition) is 7. The minimum atomic E-state index is -1.50. The largest absolute Gasteiger partial charge is 0.504 e. The summed E-state index contributed by atoms with van der Waals surface area (Å²) in [5.74, 6) is -5.65. The minimum absolute atomic E-state index is 0.0417. The number of anilines is 2. The van der Waals surface area contributed by atoms with Gasteiger partial charge in [-0.1, -0.05) is 69.5 Å². The maximum absolute atomic E-state index is 15.2. The molecule has 2 heterocycles. The summed E-state index contributed by atoms with van der Waals surface area (Å²) in [5, 5.41) is 11.7. The molecule has 0 radical (unpaired) electrons. The quantitative estimate of drug-likeness (QED) is 0.146. The number of nitrogens with one attached hydrogen (secondary N) is 1. The number of phenols is 1.